The summed E-state index contributed by atoms with van der Waals surface area (Å²) in [6.07, 6.45) is 0.543. The Bertz CT molecular complexity index is 635. The van der Waals surface area contributed by atoms with Crippen LogP contribution in [0.15, 0.2) is 42.5 Å². The van der Waals surface area contributed by atoms with Gasteiger partial charge in [0.1, 0.15) is 0 Å². The van der Waals surface area contributed by atoms with E-state index in [0.29, 0.717) is 18.7 Å². The molecule has 2 aromatic rings. The smallest absolute Gasteiger partial charge is 0.253 e. The SMILES string of the molecule is O=C(NCc1ccc2ccccc2c1)C1(O)CCSC1. The van der Waals surface area contributed by atoms with Crippen LogP contribution in [0.4, 0.5) is 0 Å². The molecular weight excluding hydrogens is 270 g/mol. The second kappa shape index (κ2) is 5.46. The van der Waals surface area contributed by atoms with Gasteiger partial charge in [0.2, 0.25) is 0 Å². The third-order valence-electron chi connectivity index (χ3n) is 3.69. The Morgan fingerprint density at radius 1 is 1.25 bits per heavy atom. The van der Waals surface area contributed by atoms with Crippen molar-refractivity contribution >= 4 is 28.4 Å². The summed E-state index contributed by atoms with van der Waals surface area (Å²) in [6.45, 7) is 0.455. The number of benzene rings is 2. The van der Waals surface area contributed by atoms with E-state index in [1.54, 1.807) is 11.8 Å². The summed E-state index contributed by atoms with van der Waals surface area (Å²) in [5.74, 6) is 1.09. The normalized spacial score (nSPS) is 22.1. The number of thioether (sulfide) groups is 1. The molecule has 20 heavy (non-hydrogen) atoms. The van der Waals surface area contributed by atoms with Crippen molar-refractivity contribution in [2.24, 2.45) is 0 Å². The topological polar surface area (TPSA) is 49.3 Å². The zero-order valence-corrected chi connectivity index (χ0v) is 12.0. The quantitative estimate of drug-likeness (QED) is 0.911. The van der Waals surface area contributed by atoms with E-state index in [-0.39, 0.29) is 5.91 Å². The fourth-order valence-corrected chi connectivity index (χ4v) is 3.67. The zero-order valence-electron chi connectivity index (χ0n) is 11.1. The average Bonchev–Trinajstić information content (AvgIpc) is 2.92. The van der Waals surface area contributed by atoms with Gasteiger partial charge in [0.05, 0.1) is 0 Å². The number of fused-ring (bicyclic) bond motifs is 1. The molecule has 1 fully saturated rings. The van der Waals surface area contributed by atoms with E-state index in [0.717, 1.165) is 16.7 Å². The van der Waals surface area contributed by atoms with E-state index in [9.17, 15) is 9.90 Å². The summed E-state index contributed by atoms with van der Waals surface area (Å²) in [5.41, 5.74) is -0.132. The third-order valence-corrected chi connectivity index (χ3v) is 4.86. The van der Waals surface area contributed by atoms with Gasteiger partial charge in [0, 0.05) is 12.3 Å². The summed E-state index contributed by atoms with van der Waals surface area (Å²) < 4.78 is 0. The van der Waals surface area contributed by atoms with Gasteiger partial charge in [0.15, 0.2) is 5.60 Å². The van der Waals surface area contributed by atoms with Crippen molar-refractivity contribution in [3.8, 4) is 0 Å². The number of carbonyl (C=O) groups is 1. The van der Waals surface area contributed by atoms with Crippen LogP contribution in [0.3, 0.4) is 0 Å². The molecule has 3 rings (SSSR count). The van der Waals surface area contributed by atoms with Crippen molar-refractivity contribution in [1.82, 2.24) is 5.32 Å². The number of hydrogen-bond donors (Lipinski definition) is 2. The summed E-state index contributed by atoms with van der Waals surface area (Å²) in [5, 5.41) is 15.4. The van der Waals surface area contributed by atoms with Crippen LogP contribution in [-0.4, -0.2) is 28.1 Å². The molecule has 0 radical (unpaired) electrons. The van der Waals surface area contributed by atoms with Gasteiger partial charge >= 0.3 is 0 Å². The predicted molar refractivity (Wildman–Crippen MR) is 82.7 cm³/mol. The van der Waals surface area contributed by atoms with Gasteiger partial charge in [-0.15, -0.1) is 0 Å². The highest BCUT2D eigenvalue weighted by atomic mass is 32.2. The zero-order chi connectivity index (χ0) is 14.0. The lowest BCUT2D eigenvalue weighted by molar-refractivity contribution is -0.137. The van der Waals surface area contributed by atoms with Gasteiger partial charge in [-0.05, 0) is 34.6 Å². The fourth-order valence-electron chi connectivity index (χ4n) is 2.43. The average molecular weight is 287 g/mol. The van der Waals surface area contributed by atoms with Crippen LogP contribution in [0.5, 0.6) is 0 Å². The van der Waals surface area contributed by atoms with Crippen molar-refractivity contribution < 1.29 is 9.90 Å². The molecule has 3 nitrogen and oxygen atoms in total. The third kappa shape index (κ3) is 2.67. The Morgan fingerprint density at radius 2 is 2.05 bits per heavy atom. The Hall–Kier alpha value is -1.52. The minimum atomic E-state index is -1.18. The van der Waals surface area contributed by atoms with Crippen LogP contribution in [0.2, 0.25) is 0 Å². The first-order valence-corrected chi connectivity index (χ1v) is 7.89. The van der Waals surface area contributed by atoms with Gasteiger partial charge < -0.3 is 10.4 Å². The Balaban J connectivity index is 1.69. The number of rotatable bonds is 3. The Morgan fingerprint density at radius 3 is 2.80 bits per heavy atom. The molecule has 0 saturated carbocycles. The maximum Gasteiger partial charge on any atom is 0.253 e. The maximum absolute atomic E-state index is 12.0. The minimum Gasteiger partial charge on any atom is -0.379 e. The van der Waals surface area contributed by atoms with Crippen LogP contribution in [0.1, 0.15) is 12.0 Å². The van der Waals surface area contributed by atoms with Gasteiger partial charge in [-0.3, -0.25) is 4.79 Å². The molecule has 104 valence electrons. The lowest BCUT2D eigenvalue weighted by atomic mass is 10.0. The monoisotopic (exact) mass is 287 g/mol. The van der Waals surface area contributed by atoms with Gasteiger partial charge in [-0.25, -0.2) is 0 Å². The Kier molecular flexibility index (Phi) is 3.68. The van der Waals surface area contributed by atoms with Crippen LogP contribution >= 0.6 is 11.8 Å². The first-order chi connectivity index (χ1) is 9.67. The molecular formula is C16H17NO2S. The molecule has 1 aliphatic heterocycles. The van der Waals surface area contributed by atoms with Crippen molar-refractivity contribution in [1.29, 1.82) is 0 Å². The first-order valence-electron chi connectivity index (χ1n) is 6.73. The molecule has 1 unspecified atom stereocenters. The molecule has 0 bridgehead atoms. The van der Waals surface area contributed by atoms with Crippen LogP contribution < -0.4 is 5.32 Å². The molecule has 1 saturated heterocycles. The summed E-state index contributed by atoms with van der Waals surface area (Å²) in [6, 6.07) is 14.3. The number of carbonyl (C=O) groups excluding carboxylic acids is 1. The van der Waals surface area contributed by atoms with Crippen LogP contribution in [-0.2, 0) is 11.3 Å². The number of amides is 1. The van der Waals surface area contributed by atoms with E-state index in [1.165, 1.54) is 5.39 Å². The molecule has 2 N–H and O–H groups in total. The van der Waals surface area contributed by atoms with Crippen LogP contribution in [0.25, 0.3) is 10.8 Å². The van der Waals surface area contributed by atoms with Gasteiger partial charge in [0.25, 0.3) is 5.91 Å². The molecule has 1 heterocycles. The predicted octanol–water partition coefficient (Wildman–Crippen LogP) is 2.32. The second-order valence-electron chi connectivity index (χ2n) is 5.20. The van der Waals surface area contributed by atoms with E-state index in [1.807, 2.05) is 18.2 Å². The number of nitrogens with one attached hydrogen (secondary N) is 1. The molecule has 1 atom stereocenters. The van der Waals surface area contributed by atoms with E-state index in [4.69, 9.17) is 0 Å². The fraction of sp³-hybridized carbons (Fsp3) is 0.312. The van der Waals surface area contributed by atoms with Crippen molar-refractivity contribution in [2.75, 3.05) is 11.5 Å². The molecule has 1 aliphatic rings. The highest BCUT2D eigenvalue weighted by Crippen LogP contribution is 2.28. The summed E-state index contributed by atoms with van der Waals surface area (Å²) in [7, 11) is 0. The highest BCUT2D eigenvalue weighted by Gasteiger charge is 2.39. The van der Waals surface area contributed by atoms with Crippen LogP contribution in [0, 0.1) is 0 Å². The molecule has 0 spiro atoms. The lowest BCUT2D eigenvalue weighted by Gasteiger charge is -2.20. The van der Waals surface area contributed by atoms with E-state index >= 15 is 0 Å². The molecule has 4 heteroatoms. The summed E-state index contributed by atoms with van der Waals surface area (Å²) in [4.78, 5) is 12.0. The molecule has 1 amide bonds. The van der Waals surface area contributed by atoms with Crippen molar-refractivity contribution in [3.63, 3.8) is 0 Å². The molecule has 2 aromatic carbocycles. The number of aliphatic hydroxyl groups is 1. The van der Waals surface area contributed by atoms with E-state index in [2.05, 4.69) is 29.6 Å². The maximum atomic E-state index is 12.0. The van der Waals surface area contributed by atoms with E-state index < -0.39 is 5.60 Å². The first kappa shape index (κ1) is 13.5. The Labute approximate surface area is 122 Å². The standard InChI is InChI=1S/C16H17NO2S/c18-15(16(19)7-8-20-11-16)17-10-12-5-6-13-3-1-2-4-14(13)9-12/h1-6,9,19H,7-8,10-11H2,(H,17,18). The molecule has 0 aliphatic carbocycles. The van der Waals surface area contributed by atoms with Crippen molar-refractivity contribution in [3.05, 3.63) is 48.0 Å². The summed E-state index contributed by atoms with van der Waals surface area (Å²) >= 11 is 1.62. The molecule has 0 aromatic heterocycles. The second-order valence-corrected chi connectivity index (χ2v) is 6.30. The van der Waals surface area contributed by atoms with Crippen molar-refractivity contribution in [2.45, 2.75) is 18.6 Å². The van der Waals surface area contributed by atoms with Gasteiger partial charge in [-0.2, -0.15) is 11.8 Å². The lowest BCUT2D eigenvalue weighted by Crippen LogP contribution is -2.46. The largest absolute Gasteiger partial charge is 0.379 e. The minimum absolute atomic E-state index is 0.254. The highest BCUT2D eigenvalue weighted by molar-refractivity contribution is 7.99. The van der Waals surface area contributed by atoms with Gasteiger partial charge in [-0.1, -0.05) is 36.4 Å². The number of hydrogen-bond acceptors (Lipinski definition) is 3.